The van der Waals surface area contributed by atoms with Gasteiger partial charge in [0.15, 0.2) is 17.5 Å². The van der Waals surface area contributed by atoms with Crippen LogP contribution >= 0.6 is 22.7 Å². The van der Waals surface area contributed by atoms with Crippen molar-refractivity contribution in [1.82, 2.24) is 19.9 Å². The molecule has 0 fully saturated rings. The predicted molar refractivity (Wildman–Crippen MR) is 245 cm³/mol. The maximum atomic E-state index is 5.62. The van der Waals surface area contributed by atoms with Crippen molar-refractivity contribution in [3.05, 3.63) is 217 Å². The number of hydrogen-bond acceptors (Lipinski definition) is 6. The minimum absolute atomic E-state index is 0.645. The molecule has 0 amide bonds. The first-order valence-corrected chi connectivity index (χ1v) is 21.4. The van der Waals surface area contributed by atoms with Crippen molar-refractivity contribution >= 4 is 53.1 Å². The largest absolute Gasteiger partial charge is 0.236 e. The lowest BCUT2D eigenvalue weighted by molar-refractivity contribution is 0.692. The molecule has 0 radical (unpaired) electrons. The van der Waals surface area contributed by atoms with Crippen LogP contribution in [0.2, 0.25) is 0 Å². The maximum absolute atomic E-state index is 5.62. The van der Waals surface area contributed by atoms with E-state index in [1.165, 1.54) is 47.3 Å². The van der Waals surface area contributed by atoms with E-state index in [1.54, 1.807) is 22.7 Å². The maximum Gasteiger partial charge on any atom is 0.164 e. The van der Waals surface area contributed by atoms with Gasteiger partial charge in [-0.2, -0.15) is 0 Å². The standard InChI is InChI=1S/C53H32N4S2/c1-4-16-33(17-5-1)49-55-50(57-52(56-49)53(36-20-8-3-9-21-36)42-26-12-10-22-38(42)39-23-11-13-27-43(39)53)40-25-15-29-46-47(40)41-32-35(30-31-45(41)58-46)37-24-14-28-44-48(37)59-51(54-44)34-18-6-2-7-19-34/h1-32H. The van der Waals surface area contributed by atoms with Crippen LogP contribution in [0.15, 0.2) is 194 Å². The van der Waals surface area contributed by atoms with E-state index in [4.69, 9.17) is 19.9 Å². The topological polar surface area (TPSA) is 51.6 Å². The van der Waals surface area contributed by atoms with E-state index in [0.29, 0.717) is 17.5 Å². The highest BCUT2D eigenvalue weighted by molar-refractivity contribution is 7.26. The molecule has 276 valence electrons. The van der Waals surface area contributed by atoms with Gasteiger partial charge in [-0.1, -0.05) is 170 Å². The van der Waals surface area contributed by atoms with Gasteiger partial charge in [0.1, 0.15) is 10.4 Å². The van der Waals surface area contributed by atoms with Crippen LogP contribution in [0.5, 0.6) is 0 Å². The summed E-state index contributed by atoms with van der Waals surface area (Å²) in [5.41, 5.74) is 11.5. The lowest BCUT2D eigenvalue weighted by Gasteiger charge is -2.32. The fourth-order valence-electron chi connectivity index (χ4n) is 9.05. The third kappa shape index (κ3) is 5.27. The number of nitrogens with zero attached hydrogens (tertiary/aromatic N) is 4. The molecule has 6 heteroatoms. The molecule has 12 rings (SSSR count). The SMILES string of the molecule is c1ccc(-c2nc(-c3cccc4sc5ccc(-c6cccc7nc(-c8ccccc8)sc67)cc5c34)nc(C3(c4ccccc4)c4ccccc4-c4ccccc43)n2)cc1. The Morgan fingerprint density at radius 1 is 0.390 bits per heavy atom. The monoisotopic (exact) mass is 788 g/mol. The Bertz CT molecular complexity index is 3350. The zero-order chi connectivity index (χ0) is 38.9. The van der Waals surface area contributed by atoms with Gasteiger partial charge in [-0.15, -0.1) is 22.7 Å². The van der Waals surface area contributed by atoms with Crippen LogP contribution in [0.4, 0.5) is 0 Å². The number of benzene rings is 8. The summed E-state index contributed by atoms with van der Waals surface area (Å²) in [7, 11) is 0. The third-order valence-corrected chi connectivity index (χ3v) is 13.9. The van der Waals surface area contributed by atoms with Crippen LogP contribution in [0, 0.1) is 0 Å². The zero-order valence-corrected chi connectivity index (χ0v) is 33.2. The normalized spacial score (nSPS) is 12.9. The Hall–Kier alpha value is -7.12. The van der Waals surface area contributed by atoms with E-state index in [0.717, 1.165) is 43.7 Å². The highest BCUT2D eigenvalue weighted by Crippen LogP contribution is 2.55. The Morgan fingerprint density at radius 2 is 1.00 bits per heavy atom. The van der Waals surface area contributed by atoms with Gasteiger partial charge in [-0.05, 0) is 57.6 Å². The van der Waals surface area contributed by atoms with Crippen LogP contribution in [0.1, 0.15) is 22.5 Å². The van der Waals surface area contributed by atoms with Crippen LogP contribution in [-0.4, -0.2) is 19.9 Å². The highest BCUT2D eigenvalue weighted by atomic mass is 32.1. The van der Waals surface area contributed by atoms with E-state index in [1.807, 2.05) is 24.3 Å². The van der Waals surface area contributed by atoms with Gasteiger partial charge < -0.3 is 0 Å². The quantitative estimate of drug-likeness (QED) is 0.168. The van der Waals surface area contributed by atoms with Gasteiger partial charge >= 0.3 is 0 Å². The summed E-state index contributed by atoms with van der Waals surface area (Å²) in [5.74, 6) is 2.00. The van der Waals surface area contributed by atoms with Crippen molar-refractivity contribution in [2.45, 2.75) is 5.41 Å². The smallest absolute Gasteiger partial charge is 0.164 e. The first kappa shape index (κ1) is 34.0. The van der Waals surface area contributed by atoms with E-state index in [2.05, 4.69) is 170 Å². The molecule has 59 heavy (non-hydrogen) atoms. The van der Waals surface area contributed by atoms with E-state index < -0.39 is 5.41 Å². The summed E-state index contributed by atoms with van der Waals surface area (Å²) >= 11 is 3.55. The fourth-order valence-corrected chi connectivity index (χ4v) is 11.3. The summed E-state index contributed by atoms with van der Waals surface area (Å²) in [6.45, 7) is 0. The second-order valence-corrected chi connectivity index (χ2v) is 17.0. The molecule has 0 saturated carbocycles. The summed E-state index contributed by atoms with van der Waals surface area (Å²) in [4.78, 5) is 21.5. The van der Waals surface area contributed by atoms with Gasteiger partial charge in [-0.3, -0.25) is 0 Å². The number of rotatable bonds is 6. The summed E-state index contributed by atoms with van der Waals surface area (Å²) < 4.78 is 3.59. The summed E-state index contributed by atoms with van der Waals surface area (Å²) in [6.07, 6.45) is 0. The molecule has 11 aromatic rings. The average molecular weight is 789 g/mol. The Balaban J connectivity index is 1.11. The first-order chi connectivity index (χ1) is 29.2. The molecule has 3 heterocycles. The van der Waals surface area contributed by atoms with Crippen molar-refractivity contribution in [2.75, 3.05) is 0 Å². The van der Waals surface area contributed by atoms with Gasteiger partial charge in [0.05, 0.1) is 10.2 Å². The highest BCUT2D eigenvalue weighted by Gasteiger charge is 2.48. The van der Waals surface area contributed by atoms with Crippen molar-refractivity contribution in [1.29, 1.82) is 0 Å². The second-order valence-electron chi connectivity index (χ2n) is 14.9. The molecule has 0 spiro atoms. The summed E-state index contributed by atoms with van der Waals surface area (Å²) in [5, 5.41) is 3.35. The van der Waals surface area contributed by atoms with Crippen molar-refractivity contribution < 1.29 is 0 Å². The molecule has 4 nitrogen and oxygen atoms in total. The van der Waals surface area contributed by atoms with E-state index in [9.17, 15) is 0 Å². The van der Waals surface area contributed by atoms with E-state index in [-0.39, 0.29) is 0 Å². The number of fused-ring (bicyclic) bond motifs is 7. The third-order valence-electron chi connectivity index (χ3n) is 11.6. The molecule has 3 aromatic heterocycles. The molecule has 0 N–H and O–H groups in total. The lowest BCUT2D eigenvalue weighted by Crippen LogP contribution is -2.31. The zero-order valence-electron chi connectivity index (χ0n) is 31.6. The predicted octanol–water partition coefficient (Wildman–Crippen LogP) is 13.9. The minimum Gasteiger partial charge on any atom is -0.236 e. The molecule has 0 aliphatic heterocycles. The average Bonchev–Trinajstić information content (AvgIpc) is 4.01. The molecular weight excluding hydrogens is 757 g/mol. The van der Waals surface area contributed by atoms with Crippen LogP contribution in [0.25, 0.3) is 86.0 Å². The van der Waals surface area contributed by atoms with Gasteiger partial charge in [0.25, 0.3) is 0 Å². The van der Waals surface area contributed by atoms with Crippen molar-refractivity contribution in [3.63, 3.8) is 0 Å². The van der Waals surface area contributed by atoms with Crippen LogP contribution in [0.3, 0.4) is 0 Å². The number of thiazole rings is 1. The van der Waals surface area contributed by atoms with Crippen LogP contribution in [-0.2, 0) is 5.41 Å². The Labute approximate surface area is 348 Å². The van der Waals surface area contributed by atoms with E-state index >= 15 is 0 Å². The second kappa shape index (κ2) is 13.5. The van der Waals surface area contributed by atoms with Gasteiger partial charge in [0, 0.05) is 42.4 Å². The minimum atomic E-state index is -0.778. The van der Waals surface area contributed by atoms with Gasteiger partial charge in [0.2, 0.25) is 0 Å². The molecular formula is C53H32N4S2. The number of thiophene rings is 1. The molecule has 1 aliphatic rings. The molecule has 0 bridgehead atoms. The molecule has 0 unspecified atom stereocenters. The van der Waals surface area contributed by atoms with Crippen molar-refractivity contribution in [3.8, 4) is 55.6 Å². The summed E-state index contributed by atoms with van der Waals surface area (Å²) in [6, 6.07) is 68.8. The molecule has 0 atom stereocenters. The molecule has 1 aliphatic carbocycles. The Morgan fingerprint density at radius 3 is 1.75 bits per heavy atom. The number of hydrogen-bond donors (Lipinski definition) is 0. The fraction of sp³-hybridized carbons (Fsp3) is 0.0189. The molecule has 0 saturated heterocycles. The van der Waals surface area contributed by atoms with Gasteiger partial charge in [-0.25, -0.2) is 19.9 Å². The molecule has 8 aromatic carbocycles. The lowest BCUT2D eigenvalue weighted by atomic mass is 9.71. The van der Waals surface area contributed by atoms with Crippen LogP contribution < -0.4 is 0 Å². The number of aromatic nitrogens is 4. The Kier molecular flexibility index (Phi) is 7.77. The van der Waals surface area contributed by atoms with Crippen molar-refractivity contribution in [2.24, 2.45) is 0 Å². The first-order valence-electron chi connectivity index (χ1n) is 19.7.